The van der Waals surface area contributed by atoms with E-state index < -0.39 is 0 Å². The molecule has 0 N–H and O–H groups in total. The van der Waals surface area contributed by atoms with Crippen molar-refractivity contribution in [3.8, 4) is 0 Å². The van der Waals surface area contributed by atoms with E-state index in [0.717, 1.165) is 15.4 Å². The summed E-state index contributed by atoms with van der Waals surface area (Å²) in [5.41, 5.74) is 2.59. The minimum atomic E-state index is 1.01. The number of allylic oxidation sites excluding steroid dienone is 4. The summed E-state index contributed by atoms with van der Waals surface area (Å²) in [6.07, 6.45) is 10.0. The summed E-state index contributed by atoms with van der Waals surface area (Å²) in [6, 6.07) is 45.4. The third-order valence-corrected chi connectivity index (χ3v) is 9.83. The van der Waals surface area contributed by atoms with Crippen LogP contribution in [-0.4, -0.2) is 3.21 Å². The topological polar surface area (TPSA) is 0 Å². The molecule has 0 nitrogen and oxygen atoms in total. The van der Waals surface area contributed by atoms with Crippen LogP contribution in [0.15, 0.2) is 155 Å². The Kier molecular flexibility index (Phi) is 9.30. The predicted molar refractivity (Wildman–Crippen MR) is 185 cm³/mol. The first-order valence-corrected chi connectivity index (χ1v) is 16.6. The number of fused-ring (bicyclic) bond motifs is 8. The second kappa shape index (κ2) is 13.5. The number of rotatable bonds is 2. The molecule has 0 amide bonds. The zero-order valence-electron chi connectivity index (χ0n) is 22.8. The maximum Gasteiger partial charge on any atom is -0.0255 e. The van der Waals surface area contributed by atoms with Gasteiger partial charge in [0.05, 0.1) is 0 Å². The first-order valence-electron chi connectivity index (χ1n) is 13.8. The van der Waals surface area contributed by atoms with Crippen molar-refractivity contribution in [1.82, 2.24) is 0 Å². The van der Waals surface area contributed by atoms with Gasteiger partial charge in [0.1, 0.15) is 0 Å². The van der Waals surface area contributed by atoms with Crippen LogP contribution in [0.4, 0.5) is 0 Å². The maximum absolute atomic E-state index is 3.45. The van der Waals surface area contributed by atoms with Crippen LogP contribution >= 0.6 is 31.9 Å². The largest absolute Gasteiger partial charge is 0.273 e. The minimum Gasteiger partial charge on any atom is -0.273 e. The van der Waals surface area contributed by atoms with Gasteiger partial charge in [-0.3, -0.25) is 6.08 Å². The SMILES string of the molecule is Brc1ccc([C](=[Zr+2])c2ccc(Br)cc2)cc1.[C-]1=CC=CC1.c1ccc2c(c1)[cH-]c1c3ccccc3c3ccccc3c21. The maximum atomic E-state index is 3.45. The molecule has 0 spiro atoms. The Morgan fingerprint density at radius 1 is 0.595 bits per heavy atom. The molecule has 1 aliphatic rings. The van der Waals surface area contributed by atoms with Gasteiger partial charge in [0.15, 0.2) is 0 Å². The average Bonchev–Trinajstić information content (AvgIpc) is 3.75. The van der Waals surface area contributed by atoms with E-state index in [1.165, 1.54) is 81.7 Å². The van der Waals surface area contributed by atoms with E-state index in [0.29, 0.717) is 0 Å². The van der Waals surface area contributed by atoms with Gasteiger partial charge in [-0.2, -0.15) is 6.08 Å². The minimum absolute atomic E-state index is 1.01. The molecule has 0 saturated carbocycles. The molecule has 200 valence electrons. The van der Waals surface area contributed by atoms with Gasteiger partial charge in [-0.1, -0.05) is 77.5 Å². The van der Waals surface area contributed by atoms with Crippen molar-refractivity contribution in [3.05, 3.63) is 172 Å². The van der Waals surface area contributed by atoms with Gasteiger partial charge < -0.3 is 0 Å². The van der Waals surface area contributed by atoms with Crippen LogP contribution in [0.25, 0.3) is 43.1 Å². The van der Waals surface area contributed by atoms with Crippen LogP contribution in [0, 0.1) is 6.08 Å². The molecule has 0 atom stereocenters. The molecule has 7 aromatic rings. The molecular weight excluding hydrogens is 719 g/mol. The molecule has 0 unspecified atom stereocenters. The number of benzene rings is 6. The Morgan fingerprint density at radius 2 is 1.10 bits per heavy atom. The summed E-state index contributed by atoms with van der Waals surface area (Å²) in [5.74, 6) is 0. The fourth-order valence-electron chi connectivity index (χ4n) is 5.35. The quantitative estimate of drug-likeness (QED) is 0.122. The van der Waals surface area contributed by atoms with Gasteiger partial charge in [-0.05, 0) is 10.8 Å². The molecule has 42 heavy (non-hydrogen) atoms. The van der Waals surface area contributed by atoms with Crippen molar-refractivity contribution in [2.45, 2.75) is 6.42 Å². The van der Waals surface area contributed by atoms with Crippen LogP contribution < -0.4 is 0 Å². The zero-order chi connectivity index (χ0) is 28.9. The standard InChI is InChI=1S/C21H13.C13H8Br2.C5H5.Zr/c1-2-8-15-14(7-1)13-20-18-11-4-3-9-16(18)17-10-5-6-12-19(17)21(15)20;14-12-5-1-10(2-6-12)9-11-3-7-13(15)8-4-11;1-2-4-5-3-1;/h1-13H;1-8H;1-3H,4H2;/q-1;;-1;+2. The Hall–Kier alpha value is -3.10. The molecule has 1 aliphatic carbocycles. The molecule has 0 saturated heterocycles. The molecule has 0 aliphatic heterocycles. The molecule has 0 heterocycles. The Labute approximate surface area is 278 Å². The van der Waals surface area contributed by atoms with Gasteiger partial charge in [-0.25, -0.2) is 12.2 Å². The van der Waals surface area contributed by atoms with E-state index in [2.05, 4.69) is 171 Å². The monoisotopic (exact) mass is 742 g/mol. The number of hydrogen-bond acceptors (Lipinski definition) is 0. The van der Waals surface area contributed by atoms with Crippen molar-refractivity contribution in [2.75, 3.05) is 0 Å². The summed E-state index contributed by atoms with van der Waals surface area (Å²) in [6.45, 7) is 0. The van der Waals surface area contributed by atoms with Gasteiger partial charge in [0, 0.05) is 0 Å². The van der Waals surface area contributed by atoms with Crippen LogP contribution in [0.1, 0.15) is 17.5 Å². The summed E-state index contributed by atoms with van der Waals surface area (Å²) in [4.78, 5) is 0. The third kappa shape index (κ3) is 6.30. The molecule has 0 radical (unpaired) electrons. The van der Waals surface area contributed by atoms with Gasteiger partial charge in [0.25, 0.3) is 0 Å². The fraction of sp³-hybridized carbons (Fsp3) is 0.0256. The molecular formula is C39H26Br2Zr. The molecule has 7 aromatic carbocycles. The molecule has 3 heteroatoms. The third-order valence-electron chi connectivity index (χ3n) is 7.35. The Balaban J connectivity index is 0.000000133. The van der Waals surface area contributed by atoms with Gasteiger partial charge in [-0.15, -0.1) is 40.1 Å². The number of halogens is 2. The van der Waals surface area contributed by atoms with Crippen LogP contribution in [0.2, 0.25) is 0 Å². The first kappa shape index (κ1) is 29.0. The first-order chi connectivity index (χ1) is 20.6. The van der Waals surface area contributed by atoms with E-state index in [9.17, 15) is 0 Å². The molecule has 0 fully saturated rings. The van der Waals surface area contributed by atoms with E-state index >= 15 is 0 Å². The molecule has 0 aromatic heterocycles. The van der Waals surface area contributed by atoms with Crippen molar-refractivity contribution >= 4 is 78.2 Å². The van der Waals surface area contributed by atoms with E-state index in [1.807, 2.05) is 12.2 Å². The van der Waals surface area contributed by atoms with Crippen molar-refractivity contribution in [2.24, 2.45) is 0 Å². The second-order valence-electron chi connectivity index (χ2n) is 10.0. The van der Waals surface area contributed by atoms with E-state index in [-0.39, 0.29) is 0 Å². The second-order valence-corrected chi connectivity index (χ2v) is 13.1. The summed E-state index contributed by atoms with van der Waals surface area (Å²) in [5, 5.41) is 10.8. The van der Waals surface area contributed by atoms with Crippen molar-refractivity contribution in [1.29, 1.82) is 0 Å². The Bertz CT molecular complexity index is 2020. The van der Waals surface area contributed by atoms with Crippen LogP contribution in [-0.2, 0) is 24.2 Å². The van der Waals surface area contributed by atoms with Crippen LogP contribution in [0.5, 0.6) is 0 Å². The normalized spacial score (nSPS) is 11.9. The van der Waals surface area contributed by atoms with Crippen molar-refractivity contribution in [3.63, 3.8) is 0 Å². The summed E-state index contributed by atoms with van der Waals surface area (Å²) >= 11 is 8.34. The van der Waals surface area contributed by atoms with Crippen LogP contribution in [0.3, 0.4) is 0 Å². The van der Waals surface area contributed by atoms with E-state index in [4.69, 9.17) is 0 Å². The molecule has 0 bridgehead atoms. The fourth-order valence-corrected chi connectivity index (χ4v) is 6.70. The zero-order valence-corrected chi connectivity index (χ0v) is 28.4. The summed E-state index contributed by atoms with van der Waals surface area (Å²) < 4.78 is 3.62. The smallest absolute Gasteiger partial charge is 0.0255 e. The van der Waals surface area contributed by atoms with Gasteiger partial charge in [0.2, 0.25) is 0 Å². The predicted octanol–water partition coefficient (Wildman–Crippen LogP) is 11.7. The summed E-state index contributed by atoms with van der Waals surface area (Å²) in [7, 11) is 0. The van der Waals surface area contributed by atoms with Crippen molar-refractivity contribution < 1.29 is 24.2 Å². The van der Waals surface area contributed by atoms with E-state index in [1.54, 1.807) is 0 Å². The van der Waals surface area contributed by atoms with Gasteiger partial charge >= 0.3 is 128 Å². The number of hydrogen-bond donors (Lipinski definition) is 0. The average molecular weight is 746 g/mol. The Morgan fingerprint density at radius 3 is 1.62 bits per heavy atom. The molecule has 8 rings (SSSR count).